The SMILES string of the molecule is CC1(C(=O)O)CCCCC1OC(F)N1CCCC1. The zero-order valence-electron chi connectivity index (χ0n) is 10.9. The van der Waals surface area contributed by atoms with E-state index in [0.29, 0.717) is 25.9 Å². The van der Waals surface area contributed by atoms with Crippen molar-refractivity contribution in [3.05, 3.63) is 0 Å². The summed E-state index contributed by atoms with van der Waals surface area (Å²) in [6.45, 7) is 1.64. The van der Waals surface area contributed by atoms with Gasteiger partial charge in [0.25, 0.3) is 6.48 Å². The Labute approximate surface area is 107 Å². The van der Waals surface area contributed by atoms with Gasteiger partial charge in [-0.05, 0) is 32.6 Å². The quantitative estimate of drug-likeness (QED) is 0.788. The molecule has 0 aromatic heterocycles. The zero-order chi connectivity index (χ0) is 13.2. The van der Waals surface area contributed by atoms with Crippen LogP contribution >= 0.6 is 0 Å². The molecule has 1 aliphatic carbocycles. The van der Waals surface area contributed by atoms with Crippen LogP contribution in [0, 0.1) is 5.41 Å². The summed E-state index contributed by atoms with van der Waals surface area (Å²) in [7, 11) is 0. The normalized spacial score (nSPS) is 35.6. The van der Waals surface area contributed by atoms with Gasteiger partial charge >= 0.3 is 5.97 Å². The highest BCUT2D eigenvalue weighted by Gasteiger charge is 2.45. The standard InChI is InChI=1S/C13H22FNO3/c1-13(11(16)17)7-3-2-6-10(13)18-12(14)15-8-4-5-9-15/h10,12H,2-9H2,1H3,(H,16,17). The van der Waals surface area contributed by atoms with E-state index in [1.54, 1.807) is 11.8 Å². The molecule has 1 saturated heterocycles. The summed E-state index contributed by atoms with van der Waals surface area (Å²) in [5, 5.41) is 9.33. The topological polar surface area (TPSA) is 49.8 Å². The van der Waals surface area contributed by atoms with E-state index in [0.717, 1.165) is 25.7 Å². The number of hydrogen-bond acceptors (Lipinski definition) is 3. The lowest BCUT2D eigenvalue weighted by Crippen LogP contribution is -2.47. The van der Waals surface area contributed by atoms with Crippen LogP contribution < -0.4 is 0 Å². The summed E-state index contributed by atoms with van der Waals surface area (Å²) in [5.41, 5.74) is -0.942. The predicted molar refractivity (Wildman–Crippen MR) is 64.8 cm³/mol. The fourth-order valence-corrected chi connectivity index (χ4v) is 2.93. The molecular formula is C13H22FNO3. The largest absolute Gasteiger partial charge is 0.481 e. The van der Waals surface area contributed by atoms with Crippen molar-refractivity contribution in [2.24, 2.45) is 5.41 Å². The Hall–Kier alpha value is -0.680. The van der Waals surface area contributed by atoms with Gasteiger partial charge in [-0.25, -0.2) is 0 Å². The van der Waals surface area contributed by atoms with Crippen molar-refractivity contribution in [2.75, 3.05) is 13.1 Å². The summed E-state index contributed by atoms with van der Waals surface area (Å²) in [5.74, 6) is -0.874. The molecule has 0 spiro atoms. The smallest absolute Gasteiger partial charge is 0.312 e. The van der Waals surface area contributed by atoms with Gasteiger partial charge in [-0.3, -0.25) is 9.69 Å². The van der Waals surface area contributed by atoms with Crippen molar-refractivity contribution in [3.8, 4) is 0 Å². The van der Waals surface area contributed by atoms with Crippen molar-refractivity contribution in [1.82, 2.24) is 4.90 Å². The number of rotatable bonds is 4. The van der Waals surface area contributed by atoms with Crippen molar-refractivity contribution in [1.29, 1.82) is 0 Å². The van der Waals surface area contributed by atoms with Crippen LogP contribution in [0.5, 0.6) is 0 Å². The third kappa shape index (κ3) is 2.67. The van der Waals surface area contributed by atoms with Gasteiger partial charge in [0, 0.05) is 13.1 Å². The number of halogens is 1. The monoisotopic (exact) mass is 259 g/mol. The lowest BCUT2D eigenvalue weighted by atomic mass is 9.73. The van der Waals surface area contributed by atoms with E-state index in [1.807, 2.05) is 0 Å². The van der Waals surface area contributed by atoms with Crippen molar-refractivity contribution in [3.63, 3.8) is 0 Å². The van der Waals surface area contributed by atoms with Gasteiger partial charge in [-0.1, -0.05) is 12.8 Å². The molecular weight excluding hydrogens is 237 g/mol. The van der Waals surface area contributed by atoms with Crippen LogP contribution in [0.4, 0.5) is 4.39 Å². The van der Waals surface area contributed by atoms with Crippen LogP contribution in [-0.4, -0.2) is 41.7 Å². The van der Waals surface area contributed by atoms with Crippen LogP contribution in [0.1, 0.15) is 45.4 Å². The number of aliphatic carboxylic acids is 1. The van der Waals surface area contributed by atoms with Crippen molar-refractivity contribution < 1.29 is 19.0 Å². The van der Waals surface area contributed by atoms with Gasteiger partial charge in [0.2, 0.25) is 0 Å². The van der Waals surface area contributed by atoms with Gasteiger partial charge in [0.15, 0.2) is 0 Å². The number of carboxylic acid groups (broad SMARTS) is 1. The van der Waals surface area contributed by atoms with Crippen LogP contribution in [0.25, 0.3) is 0 Å². The molecule has 2 fully saturated rings. The number of carbonyl (C=O) groups is 1. The molecule has 3 unspecified atom stereocenters. The molecule has 0 amide bonds. The Bertz CT molecular complexity index is 307. The predicted octanol–water partition coefficient (Wildman–Crippen LogP) is 2.39. The minimum absolute atomic E-state index is 0.514. The molecule has 3 atom stereocenters. The van der Waals surface area contributed by atoms with Crippen molar-refractivity contribution >= 4 is 5.97 Å². The van der Waals surface area contributed by atoms with E-state index >= 15 is 0 Å². The summed E-state index contributed by atoms with van der Waals surface area (Å²) >= 11 is 0. The number of nitrogens with zero attached hydrogens (tertiary/aromatic N) is 1. The molecule has 4 nitrogen and oxygen atoms in total. The number of ether oxygens (including phenoxy) is 1. The van der Waals surface area contributed by atoms with Gasteiger partial charge in [-0.2, -0.15) is 4.39 Å². The zero-order valence-corrected chi connectivity index (χ0v) is 10.9. The van der Waals surface area contributed by atoms with E-state index in [-0.39, 0.29) is 0 Å². The average Bonchev–Trinajstić information content (AvgIpc) is 2.85. The van der Waals surface area contributed by atoms with E-state index in [1.165, 1.54) is 0 Å². The Kier molecular flexibility index (Phi) is 4.22. The third-order valence-corrected chi connectivity index (χ3v) is 4.32. The minimum Gasteiger partial charge on any atom is -0.481 e. The molecule has 0 aromatic rings. The number of hydrogen-bond donors (Lipinski definition) is 1. The summed E-state index contributed by atoms with van der Waals surface area (Å²) in [4.78, 5) is 13.0. The molecule has 18 heavy (non-hydrogen) atoms. The Balaban J connectivity index is 1.98. The van der Waals surface area contributed by atoms with Gasteiger partial charge in [-0.15, -0.1) is 0 Å². The second-order valence-corrected chi connectivity index (χ2v) is 5.63. The summed E-state index contributed by atoms with van der Waals surface area (Å²) in [6, 6.07) is 0. The average molecular weight is 259 g/mol. The van der Waals surface area contributed by atoms with Crippen LogP contribution in [0.3, 0.4) is 0 Å². The molecule has 1 saturated carbocycles. The van der Waals surface area contributed by atoms with E-state index in [9.17, 15) is 14.3 Å². The Morgan fingerprint density at radius 1 is 1.39 bits per heavy atom. The third-order valence-electron chi connectivity index (χ3n) is 4.32. The number of alkyl halides is 1. The van der Waals surface area contributed by atoms with Gasteiger partial charge in [0.05, 0.1) is 11.5 Å². The molecule has 5 heteroatoms. The molecule has 104 valence electrons. The summed E-state index contributed by atoms with van der Waals surface area (Å²) < 4.78 is 19.4. The summed E-state index contributed by atoms with van der Waals surface area (Å²) in [6.07, 6.45) is 4.47. The molecule has 0 radical (unpaired) electrons. The second kappa shape index (κ2) is 5.53. The first-order valence-electron chi connectivity index (χ1n) is 6.81. The lowest BCUT2D eigenvalue weighted by Gasteiger charge is -2.39. The van der Waals surface area contributed by atoms with Crippen molar-refractivity contribution in [2.45, 2.75) is 58.0 Å². The Morgan fingerprint density at radius 3 is 2.67 bits per heavy atom. The first-order valence-corrected chi connectivity index (χ1v) is 6.81. The highest BCUT2D eigenvalue weighted by atomic mass is 19.1. The van der Waals surface area contributed by atoms with E-state index < -0.39 is 24.0 Å². The first-order chi connectivity index (χ1) is 8.54. The van der Waals surface area contributed by atoms with Crippen LogP contribution in [0.2, 0.25) is 0 Å². The molecule has 2 rings (SSSR count). The molecule has 0 bridgehead atoms. The number of carboxylic acids is 1. The van der Waals surface area contributed by atoms with E-state index in [2.05, 4.69) is 0 Å². The van der Waals surface area contributed by atoms with E-state index in [4.69, 9.17) is 4.74 Å². The highest BCUT2D eigenvalue weighted by Crippen LogP contribution is 2.39. The highest BCUT2D eigenvalue weighted by molar-refractivity contribution is 5.75. The first kappa shape index (κ1) is 13.7. The molecule has 1 N–H and O–H groups in total. The number of likely N-dealkylation sites (tertiary alicyclic amines) is 1. The fraction of sp³-hybridized carbons (Fsp3) is 0.923. The molecule has 0 aromatic carbocycles. The molecule has 1 aliphatic heterocycles. The minimum atomic E-state index is -1.45. The van der Waals surface area contributed by atoms with Crippen LogP contribution in [-0.2, 0) is 9.53 Å². The Morgan fingerprint density at radius 2 is 2.06 bits per heavy atom. The second-order valence-electron chi connectivity index (χ2n) is 5.63. The maximum atomic E-state index is 14.0. The van der Waals surface area contributed by atoms with Crippen LogP contribution in [0.15, 0.2) is 0 Å². The van der Waals surface area contributed by atoms with Gasteiger partial charge < -0.3 is 9.84 Å². The lowest BCUT2D eigenvalue weighted by molar-refractivity contribution is -0.210. The molecule has 2 aliphatic rings. The maximum Gasteiger partial charge on any atom is 0.312 e. The fourth-order valence-electron chi connectivity index (χ4n) is 2.93. The molecule has 1 heterocycles. The van der Waals surface area contributed by atoms with Gasteiger partial charge in [0.1, 0.15) is 0 Å². The maximum absolute atomic E-state index is 14.0.